The maximum atomic E-state index is 12.9. The second kappa shape index (κ2) is 7.34. The van der Waals surface area contributed by atoms with Crippen LogP contribution in [0.15, 0.2) is 42.5 Å². The molecule has 1 aliphatic rings. The summed E-state index contributed by atoms with van der Waals surface area (Å²) in [4.78, 5) is 25.1. The average molecular weight is 342 g/mol. The summed E-state index contributed by atoms with van der Waals surface area (Å²) in [5, 5.41) is 2.81. The van der Waals surface area contributed by atoms with Gasteiger partial charge in [-0.05, 0) is 47.9 Å². The Morgan fingerprint density at radius 3 is 2.72 bits per heavy atom. The first-order valence-corrected chi connectivity index (χ1v) is 8.05. The van der Waals surface area contributed by atoms with E-state index in [9.17, 15) is 14.0 Å². The summed E-state index contributed by atoms with van der Waals surface area (Å²) in [7, 11) is 1.68. The molecule has 0 saturated heterocycles. The molecule has 0 atom stereocenters. The van der Waals surface area contributed by atoms with Crippen LogP contribution in [-0.2, 0) is 22.6 Å². The Labute approximate surface area is 145 Å². The zero-order valence-corrected chi connectivity index (χ0v) is 13.9. The number of hydrogen-bond donors (Lipinski definition) is 1. The van der Waals surface area contributed by atoms with Crippen LogP contribution in [0.2, 0.25) is 0 Å². The molecule has 5 nitrogen and oxygen atoms in total. The van der Waals surface area contributed by atoms with Crippen molar-refractivity contribution in [3.05, 3.63) is 59.4 Å². The lowest BCUT2D eigenvalue weighted by Gasteiger charge is -2.19. The van der Waals surface area contributed by atoms with Crippen molar-refractivity contribution in [2.24, 2.45) is 0 Å². The Morgan fingerprint density at radius 2 is 1.96 bits per heavy atom. The maximum absolute atomic E-state index is 12.9. The lowest BCUT2D eigenvalue weighted by molar-refractivity contribution is -0.132. The lowest BCUT2D eigenvalue weighted by Crippen LogP contribution is -2.31. The largest absolute Gasteiger partial charge is 0.484 e. The number of anilines is 1. The van der Waals surface area contributed by atoms with Crippen molar-refractivity contribution in [1.82, 2.24) is 4.90 Å². The van der Waals surface area contributed by atoms with Gasteiger partial charge in [0.05, 0.1) is 0 Å². The normalized spacial score (nSPS) is 13.0. The van der Waals surface area contributed by atoms with Gasteiger partial charge in [0, 0.05) is 25.7 Å². The topological polar surface area (TPSA) is 58.6 Å². The third kappa shape index (κ3) is 4.35. The van der Waals surface area contributed by atoms with E-state index in [-0.39, 0.29) is 24.2 Å². The molecule has 2 aromatic rings. The zero-order valence-electron chi connectivity index (χ0n) is 13.9. The number of carbonyl (C=O) groups is 2. The van der Waals surface area contributed by atoms with Gasteiger partial charge < -0.3 is 15.0 Å². The molecule has 1 heterocycles. The molecule has 130 valence electrons. The summed E-state index contributed by atoms with van der Waals surface area (Å²) in [5.41, 5.74) is 2.65. The van der Waals surface area contributed by atoms with Gasteiger partial charge in [-0.1, -0.05) is 12.1 Å². The SMILES string of the molecule is CN(Cc1ccc(F)cc1)C(=O)COc1ccc2c(c1)CCC(=O)N2. The van der Waals surface area contributed by atoms with Gasteiger partial charge in [-0.15, -0.1) is 0 Å². The Hall–Kier alpha value is -2.89. The fraction of sp³-hybridized carbons (Fsp3) is 0.263. The predicted molar refractivity (Wildman–Crippen MR) is 91.8 cm³/mol. The molecule has 25 heavy (non-hydrogen) atoms. The Balaban J connectivity index is 1.55. The number of hydrogen-bond acceptors (Lipinski definition) is 3. The van der Waals surface area contributed by atoms with Gasteiger partial charge in [-0.25, -0.2) is 4.39 Å². The van der Waals surface area contributed by atoms with Gasteiger partial charge in [0.25, 0.3) is 5.91 Å². The van der Waals surface area contributed by atoms with Crippen molar-refractivity contribution in [3.63, 3.8) is 0 Å². The zero-order chi connectivity index (χ0) is 17.8. The number of fused-ring (bicyclic) bond motifs is 1. The van der Waals surface area contributed by atoms with E-state index in [2.05, 4.69) is 5.32 Å². The fourth-order valence-corrected chi connectivity index (χ4v) is 2.66. The fourth-order valence-electron chi connectivity index (χ4n) is 2.66. The molecular weight excluding hydrogens is 323 g/mol. The molecule has 6 heteroatoms. The third-order valence-electron chi connectivity index (χ3n) is 4.09. The third-order valence-corrected chi connectivity index (χ3v) is 4.09. The summed E-state index contributed by atoms with van der Waals surface area (Å²) in [5.74, 6) is 0.136. The molecule has 2 amide bonds. The molecule has 3 rings (SSSR count). The highest BCUT2D eigenvalue weighted by Crippen LogP contribution is 2.26. The molecule has 0 aromatic heterocycles. The van der Waals surface area contributed by atoms with Crippen LogP contribution >= 0.6 is 0 Å². The van der Waals surface area contributed by atoms with Crippen molar-refractivity contribution < 1.29 is 18.7 Å². The summed E-state index contributed by atoms with van der Waals surface area (Å²) >= 11 is 0. The molecular formula is C19H19FN2O3. The smallest absolute Gasteiger partial charge is 0.260 e. The van der Waals surface area contributed by atoms with E-state index in [0.717, 1.165) is 16.8 Å². The van der Waals surface area contributed by atoms with Crippen LogP contribution < -0.4 is 10.1 Å². The van der Waals surface area contributed by atoms with Crippen LogP contribution in [0.5, 0.6) is 5.75 Å². The molecule has 0 bridgehead atoms. The molecule has 2 aromatic carbocycles. The quantitative estimate of drug-likeness (QED) is 0.909. The minimum absolute atomic E-state index is 0.0127. The molecule has 0 fully saturated rings. The van der Waals surface area contributed by atoms with E-state index < -0.39 is 0 Å². The number of carbonyl (C=O) groups excluding carboxylic acids is 2. The molecule has 1 aliphatic heterocycles. The van der Waals surface area contributed by atoms with Crippen molar-refractivity contribution in [2.45, 2.75) is 19.4 Å². The number of amides is 2. The number of nitrogens with one attached hydrogen (secondary N) is 1. The van der Waals surface area contributed by atoms with Gasteiger partial charge in [0.15, 0.2) is 6.61 Å². The van der Waals surface area contributed by atoms with Gasteiger partial charge in [-0.2, -0.15) is 0 Å². The van der Waals surface area contributed by atoms with Crippen molar-refractivity contribution in [3.8, 4) is 5.75 Å². The van der Waals surface area contributed by atoms with E-state index in [0.29, 0.717) is 25.1 Å². The van der Waals surface area contributed by atoms with E-state index in [4.69, 9.17) is 4.74 Å². The highest BCUT2D eigenvalue weighted by atomic mass is 19.1. The number of rotatable bonds is 5. The van der Waals surface area contributed by atoms with Gasteiger partial charge >= 0.3 is 0 Å². The summed E-state index contributed by atoms with van der Waals surface area (Å²) in [6, 6.07) is 11.4. The van der Waals surface area contributed by atoms with Crippen LogP contribution in [0, 0.1) is 5.82 Å². The minimum Gasteiger partial charge on any atom is -0.484 e. The van der Waals surface area contributed by atoms with E-state index in [1.54, 1.807) is 31.3 Å². The molecule has 0 aliphatic carbocycles. The number of halogens is 1. The van der Waals surface area contributed by atoms with Gasteiger partial charge in [0.2, 0.25) is 5.91 Å². The average Bonchev–Trinajstić information content (AvgIpc) is 2.61. The van der Waals surface area contributed by atoms with Crippen LogP contribution in [0.3, 0.4) is 0 Å². The molecule has 0 unspecified atom stereocenters. The second-order valence-corrected chi connectivity index (χ2v) is 6.03. The number of benzene rings is 2. The predicted octanol–water partition coefficient (Wildman–Crippen LogP) is 2.75. The van der Waals surface area contributed by atoms with Gasteiger partial charge in [-0.3, -0.25) is 9.59 Å². The summed E-state index contributed by atoms with van der Waals surface area (Å²) in [6.45, 7) is 0.307. The van der Waals surface area contributed by atoms with Crippen LogP contribution in [0.4, 0.5) is 10.1 Å². The standard InChI is InChI=1S/C19H19FN2O3/c1-22(11-13-2-5-15(20)6-3-13)19(24)12-25-16-7-8-17-14(10-16)4-9-18(23)21-17/h2-3,5-8,10H,4,9,11-12H2,1H3,(H,21,23). The number of likely N-dealkylation sites (N-methyl/N-ethyl adjacent to an activating group) is 1. The first-order chi connectivity index (χ1) is 12.0. The number of nitrogens with zero attached hydrogens (tertiary/aromatic N) is 1. The van der Waals surface area contributed by atoms with Crippen molar-refractivity contribution >= 4 is 17.5 Å². The highest BCUT2D eigenvalue weighted by molar-refractivity contribution is 5.94. The first kappa shape index (κ1) is 17.0. The van der Waals surface area contributed by atoms with Crippen LogP contribution in [0.25, 0.3) is 0 Å². The summed E-state index contributed by atoms with van der Waals surface area (Å²) < 4.78 is 18.5. The Bertz CT molecular complexity index is 790. The van der Waals surface area contributed by atoms with Gasteiger partial charge in [0.1, 0.15) is 11.6 Å². The molecule has 0 saturated carbocycles. The molecule has 0 spiro atoms. The highest BCUT2D eigenvalue weighted by Gasteiger charge is 2.16. The number of aryl methyl sites for hydroxylation is 1. The van der Waals surface area contributed by atoms with E-state index in [1.807, 2.05) is 6.07 Å². The Kier molecular flexibility index (Phi) is 4.97. The van der Waals surface area contributed by atoms with Crippen molar-refractivity contribution in [1.29, 1.82) is 0 Å². The summed E-state index contributed by atoms with van der Waals surface area (Å²) in [6.07, 6.45) is 1.12. The molecule has 1 N–H and O–H groups in total. The van der Waals surface area contributed by atoms with Crippen molar-refractivity contribution in [2.75, 3.05) is 19.0 Å². The lowest BCUT2D eigenvalue weighted by atomic mass is 10.0. The minimum atomic E-state index is -0.301. The molecule has 0 radical (unpaired) electrons. The van der Waals surface area contributed by atoms with E-state index >= 15 is 0 Å². The van der Waals surface area contributed by atoms with Crippen LogP contribution in [-0.4, -0.2) is 30.4 Å². The monoisotopic (exact) mass is 342 g/mol. The first-order valence-electron chi connectivity index (χ1n) is 8.05. The van der Waals surface area contributed by atoms with E-state index in [1.165, 1.54) is 17.0 Å². The maximum Gasteiger partial charge on any atom is 0.260 e. The van der Waals surface area contributed by atoms with Crippen LogP contribution in [0.1, 0.15) is 17.5 Å². The number of ether oxygens (including phenoxy) is 1. The Morgan fingerprint density at radius 1 is 1.20 bits per heavy atom. The second-order valence-electron chi connectivity index (χ2n) is 6.03.